The van der Waals surface area contributed by atoms with Crippen molar-refractivity contribution in [3.63, 3.8) is 0 Å². The zero-order valence-corrected chi connectivity index (χ0v) is 19.6. The van der Waals surface area contributed by atoms with E-state index in [1.165, 1.54) is 12.1 Å². The summed E-state index contributed by atoms with van der Waals surface area (Å²) in [5.41, 5.74) is -2.59. The third-order valence-corrected chi connectivity index (χ3v) is 5.26. The van der Waals surface area contributed by atoms with E-state index in [0.717, 1.165) is 49.7 Å². The molecule has 0 amide bonds. The topological polar surface area (TPSA) is 132 Å². The van der Waals surface area contributed by atoms with E-state index in [4.69, 9.17) is 18.9 Å². The molecule has 0 aliphatic carbocycles. The van der Waals surface area contributed by atoms with Crippen LogP contribution in [-0.4, -0.2) is 52.0 Å². The van der Waals surface area contributed by atoms with Crippen LogP contribution >= 0.6 is 0 Å². The molecule has 4 atom stereocenters. The van der Waals surface area contributed by atoms with Gasteiger partial charge in [-0.3, -0.25) is 28.3 Å². The van der Waals surface area contributed by atoms with Gasteiger partial charge in [0, 0.05) is 38.6 Å². The van der Waals surface area contributed by atoms with Crippen molar-refractivity contribution in [2.75, 3.05) is 6.61 Å². The van der Waals surface area contributed by atoms with E-state index in [2.05, 4.69) is 0 Å². The predicted octanol–water partition coefficient (Wildman–Crippen LogP) is 1.13. The zero-order chi connectivity index (χ0) is 26.6. The summed E-state index contributed by atoms with van der Waals surface area (Å²) in [6.07, 6.45) is -4.42. The number of benzene rings is 1. The van der Waals surface area contributed by atoms with Crippen LogP contribution < -0.4 is 11.2 Å². The van der Waals surface area contributed by atoms with E-state index < -0.39 is 78.3 Å². The first-order valence-corrected chi connectivity index (χ1v) is 10.8. The summed E-state index contributed by atoms with van der Waals surface area (Å²) in [7, 11) is 0. The molecular weight excluding hydrogens is 486 g/mol. The number of esters is 3. The highest BCUT2D eigenvalue weighted by atomic mass is 19.3. The van der Waals surface area contributed by atoms with Gasteiger partial charge in [0.2, 0.25) is 0 Å². The summed E-state index contributed by atoms with van der Waals surface area (Å²) in [5.74, 6) is -5.86. The molecule has 0 spiro atoms. The molecule has 11 nitrogen and oxygen atoms in total. The minimum atomic E-state index is -3.58. The number of halogens is 2. The molecule has 1 fully saturated rings. The van der Waals surface area contributed by atoms with Gasteiger partial charge >= 0.3 is 23.6 Å². The Bertz CT molecular complexity index is 1240. The lowest BCUT2D eigenvalue weighted by Crippen LogP contribution is -2.46. The molecule has 4 unspecified atom stereocenters. The van der Waals surface area contributed by atoms with Crippen LogP contribution in [0, 0.1) is 0 Å². The van der Waals surface area contributed by atoms with Crippen LogP contribution in [0.1, 0.15) is 32.6 Å². The maximum absolute atomic E-state index is 14.9. The van der Waals surface area contributed by atoms with Crippen LogP contribution in [0.5, 0.6) is 0 Å². The van der Waals surface area contributed by atoms with E-state index in [1.54, 1.807) is 6.07 Å². The van der Waals surface area contributed by atoms with E-state index in [1.807, 2.05) is 0 Å². The number of aromatic nitrogens is 2. The summed E-state index contributed by atoms with van der Waals surface area (Å²) in [6, 6.07) is 7.52. The van der Waals surface area contributed by atoms with Crippen LogP contribution in [0.2, 0.25) is 0 Å². The lowest BCUT2D eigenvalue weighted by Gasteiger charge is -2.24. The normalized spacial score (nSPS) is 21.6. The van der Waals surface area contributed by atoms with Gasteiger partial charge in [-0.2, -0.15) is 8.78 Å². The fourth-order valence-corrected chi connectivity index (χ4v) is 3.76. The number of carbonyl (C=O) groups excluding carboxylic acids is 3. The minimum Gasteiger partial charge on any atom is -0.463 e. The van der Waals surface area contributed by atoms with E-state index in [-0.39, 0.29) is 0 Å². The van der Waals surface area contributed by atoms with Gasteiger partial charge in [-0.15, -0.1) is 0 Å². The Kier molecular flexibility index (Phi) is 8.03. The van der Waals surface area contributed by atoms with Crippen LogP contribution in [0.25, 0.3) is 0 Å². The molecule has 0 bridgehead atoms. The highest BCUT2D eigenvalue weighted by Gasteiger charge is 2.51. The first kappa shape index (κ1) is 26.7. The molecular formula is C23H24F2N2O9. The smallest absolute Gasteiger partial charge is 0.333 e. The standard InChI is InChI=1S/C23H24F2N2O9/c1-13(28)33-11-17-19(34-14(2)29)20(35-15(3)30)21(36-17)26-10-9-18(31)27(22(26)32)12-23(24,25)16-7-5-4-6-8-16/h4-10,17,19-21H,11-12H2,1-3H3. The molecule has 1 saturated heterocycles. The molecule has 36 heavy (non-hydrogen) atoms. The van der Waals surface area contributed by atoms with Crippen LogP contribution in [-0.2, 0) is 45.8 Å². The first-order valence-electron chi connectivity index (χ1n) is 10.8. The largest absolute Gasteiger partial charge is 0.463 e. The zero-order valence-electron chi connectivity index (χ0n) is 19.6. The maximum Gasteiger partial charge on any atom is 0.333 e. The molecule has 1 aromatic heterocycles. The Morgan fingerprint density at radius 1 is 0.944 bits per heavy atom. The Labute approximate surface area is 203 Å². The second-order valence-electron chi connectivity index (χ2n) is 8.02. The molecule has 2 heterocycles. The van der Waals surface area contributed by atoms with Crippen molar-refractivity contribution in [3.05, 3.63) is 69.0 Å². The maximum atomic E-state index is 14.9. The van der Waals surface area contributed by atoms with E-state index in [0.29, 0.717) is 4.57 Å². The van der Waals surface area contributed by atoms with Gasteiger partial charge in [-0.25, -0.2) is 4.79 Å². The van der Waals surface area contributed by atoms with Crippen molar-refractivity contribution >= 4 is 17.9 Å². The van der Waals surface area contributed by atoms with Gasteiger partial charge in [0.1, 0.15) is 12.7 Å². The average molecular weight is 510 g/mol. The summed E-state index contributed by atoms with van der Waals surface area (Å²) >= 11 is 0. The van der Waals surface area contributed by atoms with Crippen molar-refractivity contribution in [1.29, 1.82) is 0 Å². The number of ether oxygens (including phenoxy) is 4. The summed E-state index contributed by atoms with van der Waals surface area (Å²) in [6.45, 7) is 1.57. The predicted molar refractivity (Wildman–Crippen MR) is 117 cm³/mol. The van der Waals surface area contributed by atoms with Gasteiger partial charge in [0.25, 0.3) is 11.5 Å². The van der Waals surface area contributed by atoms with E-state index >= 15 is 0 Å². The summed E-state index contributed by atoms with van der Waals surface area (Å²) in [5, 5.41) is 0. The molecule has 194 valence electrons. The average Bonchev–Trinajstić information content (AvgIpc) is 3.11. The van der Waals surface area contributed by atoms with E-state index in [9.17, 15) is 32.8 Å². The number of nitrogens with zero attached hydrogens (tertiary/aromatic N) is 2. The fourth-order valence-electron chi connectivity index (χ4n) is 3.76. The summed E-state index contributed by atoms with van der Waals surface area (Å²) in [4.78, 5) is 60.4. The van der Waals surface area contributed by atoms with Gasteiger partial charge in [-0.1, -0.05) is 30.3 Å². The molecule has 1 aliphatic rings. The van der Waals surface area contributed by atoms with Crippen molar-refractivity contribution in [2.24, 2.45) is 0 Å². The number of hydrogen-bond acceptors (Lipinski definition) is 9. The van der Waals surface area contributed by atoms with Gasteiger partial charge in [-0.05, 0) is 0 Å². The lowest BCUT2D eigenvalue weighted by atomic mass is 10.1. The molecule has 13 heteroatoms. The third-order valence-electron chi connectivity index (χ3n) is 5.26. The Morgan fingerprint density at radius 2 is 1.56 bits per heavy atom. The second kappa shape index (κ2) is 10.8. The second-order valence-corrected chi connectivity index (χ2v) is 8.02. The number of hydrogen-bond donors (Lipinski definition) is 0. The molecule has 2 aromatic rings. The monoisotopic (exact) mass is 510 g/mol. The number of carbonyl (C=O) groups is 3. The van der Waals surface area contributed by atoms with Crippen molar-refractivity contribution in [1.82, 2.24) is 9.13 Å². The van der Waals surface area contributed by atoms with Crippen LogP contribution in [0.3, 0.4) is 0 Å². The van der Waals surface area contributed by atoms with Gasteiger partial charge in [0.05, 0.1) is 6.54 Å². The molecule has 1 aliphatic heterocycles. The van der Waals surface area contributed by atoms with Crippen LogP contribution in [0.15, 0.2) is 52.2 Å². The Hall–Kier alpha value is -3.87. The van der Waals surface area contributed by atoms with Crippen molar-refractivity contribution < 1.29 is 42.1 Å². The van der Waals surface area contributed by atoms with Gasteiger partial charge < -0.3 is 18.9 Å². The number of rotatable bonds is 8. The molecule has 0 N–H and O–H groups in total. The SMILES string of the molecule is CC(=O)OCC1OC(n2ccc(=O)n(CC(F)(F)c3ccccc3)c2=O)C(OC(C)=O)C1OC(C)=O. The quantitative estimate of drug-likeness (QED) is 0.379. The third kappa shape index (κ3) is 6.03. The molecule has 1 aromatic carbocycles. The van der Waals surface area contributed by atoms with Crippen LogP contribution in [0.4, 0.5) is 8.78 Å². The first-order chi connectivity index (χ1) is 16.9. The Morgan fingerprint density at radius 3 is 2.14 bits per heavy atom. The lowest BCUT2D eigenvalue weighted by molar-refractivity contribution is -0.166. The molecule has 0 saturated carbocycles. The fraction of sp³-hybridized carbons (Fsp3) is 0.435. The minimum absolute atomic E-state index is 0.321. The molecule has 3 rings (SSSR count). The summed E-state index contributed by atoms with van der Waals surface area (Å²) < 4.78 is 52.0. The molecule has 0 radical (unpaired) electrons. The van der Waals surface area contributed by atoms with Crippen molar-refractivity contribution in [2.45, 2.75) is 57.8 Å². The highest BCUT2D eigenvalue weighted by molar-refractivity contribution is 5.68. The number of alkyl halides is 2. The van der Waals surface area contributed by atoms with Gasteiger partial charge in [0.15, 0.2) is 18.4 Å². The van der Waals surface area contributed by atoms with Crippen molar-refractivity contribution in [3.8, 4) is 0 Å². The Balaban J connectivity index is 2.04. The highest BCUT2D eigenvalue weighted by Crippen LogP contribution is 2.34.